The SMILES string of the molecule is COc1cccc(C(NC(=O)NCc2ccc(Cl)cc2)c2nccn2C)c1. The van der Waals surface area contributed by atoms with E-state index >= 15 is 0 Å². The van der Waals surface area contributed by atoms with Crippen LogP contribution in [-0.2, 0) is 13.6 Å². The zero-order valence-electron chi connectivity index (χ0n) is 15.1. The molecule has 1 aromatic heterocycles. The smallest absolute Gasteiger partial charge is 0.315 e. The van der Waals surface area contributed by atoms with Crippen molar-refractivity contribution in [3.05, 3.63) is 82.9 Å². The minimum absolute atomic E-state index is 0.291. The number of urea groups is 1. The maximum absolute atomic E-state index is 12.5. The quantitative estimate of drug-likeness (QED) is 0.681. The molecule has 0 fully saturated rings. The van der Waals surface area contributed by atoms with Crippen LogP contribution in [-0.4, -0.2) is 22.7 Å². The van der Waals surface area contributed by atoms with E-state index in [4.69, 9.17) is 16.3 Å². The van der Waals surface area contributed by atoms with Gasteiger partial charge in [0, 0.05) is 31.0 Å². The lowest BCUT2D eigenvalue weighted by molar-refractivity contribution is 0.237. The monoisotopic (exact) mass is 384 g/mol. The van der Waals surface area contributed by atoms with Gasteiger partial charge in [-0.3, -0.25) is 0 Å². The highest BCUT2D eigenvalue weighted by Crippen LogP contribution is 2.24. The third-order valence-corrected chi connectivity index (χ3v) is 4.44. The number of ether oxygens (including phenoxy) is 1. The van der Waals surface area contributed by atoms with Crippen LogP contribution in [0.25, 0.3) is 0 Å². The van der Waals surface area contributed by atoms with Crippen LogP contribution < -0.4 is 15.4 Å². The Bertz CT molecular complexity index is 908. The van der Waals surface area contributed by atoms with Crippen LogP contribution in [0, 0.1) is 0 Å². The molecular formula is C20H21ClN4O2. The molecule has 0 aliphatic rings. The minimum Gasteiger partial charge on any atom is -0.497 e. The number of imidazole rings is 1. The van der Waals surface area contributed by atoms with Gasteiger partial charge in [-0.1, -0.05) is 35.9 Å². The molecule has 3 rings (SSSR count). The van der Waals surface area contributed by atoms with E-state index in [1.807, 2.05) is 54.2 Å². The van der Waals surface area contributed by atoms with Crippen LogP contribution in [0.1, 0.15) is 23.0 Å². The van der Waals surface area contributed by atoms with E-state index in [2.05, 4.69) is 15.6 Å². The van der Waals surface area contributed by atoms with E-state index < -0.39 is 6.04 Å². The molecule has 0 spiro atoms. The molecule has 0 saturated heterocycles. The summed E-state index contributed by atoms with van der Waals surface area (Å²) >= 11 is 5.89. The Balaban J connectivity index is 1.75. The Morgan fingerprint density at radius 1 is 1.26 bits per heavy atom. The fraction of sp³-hybridized carbons (Fsp3) is 0.200. The van der Waals surface area contributed by atoms with Crippen molar-refractivity contribution in [1.82, 2.24) is 20.2 Å². The molecule has 0 aliphatic heterocycles. The Hall–Kier alpha value is -2.99. The van der Waals surface area contributed by atoms with Crippen molar-refractivity contribution in [3.8, 4) is 5.75 Å². The summed E-state index contributed by atoms with van der Waals surface area (Å²) in [6, 6.07) is 14.2. The van der Waals surface area contributed by atoms with E-state index in [1.54, 1.807) is 25.4 Å². The number of amides is 2. The molecule has 0 aliphatic carbocycles. The summed E-state index contributed by atoms with van der Waals surface area (Å²) in [6.45, 7) is 0.397. The third kappa shape index (κ3) is 4.80. The zero-order valence-corrected chi connectivity index (χ0v) is 15.9. The van der Waals surface area contributed by atoms with Crippen molar-refractivity contribution in [2.75, 3.05) is 7.11 Å². The van der Waals surface area contributed by atoms with Gasteiger partial charge in [0.15, 0.2) is 0 Å². The molecule has 3 aromatic rings. The van der Waals surface area contributed by atoms with Gasteiger partial charge in [0.2, 0.25) is 0 Å². The fourth-order valence-electron chi connectivity index (χ4n) is 2.74. The minimum atomic E-state index is -0.412. The Labute approximate surface area is 163 Å². The van der Waals surface area contributed by atoms with Gasteiger partial charge in [-0.15, -0.1) is 0 Å². The highest BCUT2D eigenvalue weighted by Gasteiger charge is 2.21. The van der Waals surface area contributed by atoms with Gasteiger partial charge in [0.05, 0.1) is 7.11 Å². The summed E-state index contributed by atoms with van der Waals surface area (Å²) in [4.78, 5) is 16.9. The van der Waals surface area contributed by atoms with Gasteiger partial charge in [-0.05, 0) is 35.4 Å². The van der Waals surface area contributed by atoms with Gasteiger partial charge >= 0.3 is 6.03 Å². The predicted octanol–water partition coefficient (Wildman–Crippen LogP) is 3.67. The molecule has 7 heteroatoms. The van der Waals surface area contributed by atoms with E-state index in [0.717, 1.165) is 22.7 Å². The third-order valence-electron chi connectivity index (χ3n) is 4.19. The predicted molar refractivity (Wildman–Crippen MR) is 105 cm³/mol. The van der Waals surface area contributed by atoms with Gasteiger partial charge in [-0.25, -0.2) is 9.78 Å². The standard InChI is InChI=1S/C20H21ClN4O2/c1-25-11-10-22-19(25)18(15-4-3-5-17(12-15)27-2)24-20(26)23-13-14-6-8-16(21)9-7-14/h3-12,18H,13H2,1-2H3,(H2,23,24,26). The first-order chi connectivity index (χ1) is 13.1. The highest BCUT2D eigenvalue weighted by atomic mass is 35.5. The second-order valence-corrected chi connectivity index (χ2v) is 6.50. The van der Waals surface area contributed by atoms with Crippen molar-refractivity contribution in [1.29, 1.82) is 0 Å². The number of nitrogens with one attached hydrogen (secondary N) is 2. The highest BCUT2D eigenvalue weighted by molar-refractivity contribution is 6.30. The molecule has 27 heavy (non-hydrogen) atoms. The summed E-state index contributed by atoms with van der Waals surface area (Å²) < 4.78 is 7.18. The average molecular weight is 385 g/mol. The zero-order chi connectivity index (χ0) is 19.2. The van der Waals surface area contributed by atoms with Crippen molar-refractivity contribution in [2.24, 2.45) is 7.05 Å². The molecule has 1 heterocycles. The summed E-state index contributed by atoms with van der Waals surface area (Å²) in [5, 5.41) is 6.52. The number of rotatable bonds is 6. The summed E-state index contributed by atoms with van der Waals surface area (Å²) in [5.74, 6) is 1.44. The molecule has 6 nitrogen and oxygen atoms in total. The molecule has 1 unspecified atom stereocenters. The van der Waals surface area contributed by atoms with Gasteiger partial charge < -0.3 is 19.9 Å². The number of carbonyl (C=O) groups is 1. The lowest BCUT2D eigenvalue weighted by Crippen LogP contribution is -2.38. The number of benzene rings is 2. The van der Waals surface area contributed by atoms with Crippen molar-refractivity contribution in [2.45, 2.75) is 12.6 Å². The van der Waals surface area contributed by atoms with Crippen LogP contribution in [0.2, 0.25) is 5.02 Å². The van der Waals surface area contributed by atoms with Crippen LogP contribution in [0.5, 0.6) is 5.75 Å². The molecule has 2 amide bonds. The molecule has 1 atom stereocenters. The summed E-state index contributed by atoms with van der Waals surface area (Å²) in [6.07, 6.45) is 3.55. The number of halogens is 1. The normalized spacial score (nSPS) is 11.7. The van der Waals surface area contributed by atoms with Gasteiger partial charge in [0.25, 0.3) is 0 Å². The number of methoxy groups -OCH3 is 1. The number of aryl methyl sites for hydroxylation is 1. The molecule has 2 aromatic carbocycles. The molecule has 0 radical (unpaired) electrons. The van der Waals surface area contributed by atoms with Crippen LogP contribution in [0.15, 0.2) is 60.9 Å². The molecule has 0 saturated carbocycles. The number of nitrogens with zero attached hydrogens (tertiary/aromatic N) is 2. The Kier molecular flexibility index (Phi) is 5.98. The van der Waals surface area contributed by atoms with Crippen LogP contribution in [0.3, 0.4) is 0 Å². The molecule has 0 bridgehead atoms. The first-order valence-corrected chi connectivity index (χ1v) is 8.84. The maximum atomic E-state index is 12.5. The number of hydrogen-bond acceptors (Lipinski definition) is 3. The first-order valence-electron chi connectivity index (χ1n) is 8.47. The van der Waals surface area contributed by atoms with Gasteiger partial charge in [0.1, 0.15) is 17.6 Å². The summed E-state index contributed by atoms with van der Waals surface area (Å²) in [5.41, 5.74) is 1.84. The van der Waals surface area contributed by atoms with E-state index in [1.165, 1.54) is 0 Å². The second kappa shape index (κ2) is 8.60. The van der Waals surface area contributed by atoms with Crippen LogP contribution in [0.4, 0.5) is 4.79 Å². The number of carbonyl (C=O) groups excluding carboxylic acids is 1. The van der Waals surface area contributed by atoms with Gasteiger partial charge in [-0.2, -0.15) is 0 Å². The molecule has 140 valence electrons. The molecule has 2 N–H and O–H groups in total. The topological polar surface area (TPSA) is 68.2 Å². The van der Waals surface area contributed by atoms with E-state index in [0.29, 0.717) is 11.6 Å². The average Bonchev–Trinajstić information content (AvgIpc) is 3.11. The second-order valence-electron chi connectivity index (χ2n) is 6.06. The lowest BCUT2D eigenvalue weighted by Gasteiger charge is -2.20. The van der Waals surface area contributed by atoms with Crippen molar-refractivity contribution >= 4 is 17.6 Å². The summed E-state index contributed by atoms with van der Waals surface area (Å²) in [7, 11) is 3.50. The lowest BCUT2D eigenvalue weighted by atomic mass is 10.1. The molecular weight excluding hydrogens is 364 g/mol. The largest absolute Gasteiger partial charge is 0.497 e. The van der Waals surface area contributed by atoms with E-state index in [9.17, 15) is 4.79 Å². The first kappa shape index (κ1) is 18.8. The number of aromatic nitrogens is 2. The Morgan fingerprint density at radius 3 is 2.70 bits per heavy atom. The fourth-order valence-corrected chi connectivity index (χ4v) is 2.87. The maximum Gasteiger partial charge on any atom is 0.315 e. The van der Waals surface area contributed by atoms with E-state index in [-0.39, 0.29) is 6.03 Å². The number of hydrogen-bond donors (Lipinski definition) is 2. The van der Waals surface area contributed by atoms with Crippen molar-refractivity contribution < 1.29 is 9.53 Å². The Morgan fingerprint density at radius 2 is 2.04 bits per heavy atom. The van der Waals surface area contributed by atoms with Crippen LogP contribution >= 0.6 is 11.6 Å². The van der Waals surface area contributed by atoms with Crippen molar-refractivity contribution in [3.63, 3.8) is 0 Å².